The summed E-state index contributed by atoms with van der Waals surface area (Å²) in [6.45, 7) is 4.76. The van der Waals surface area contributed by atoms with Crippen LogP contribution in [0.2, 0.25) is 5.02 Å². The quantitative estimate of drug-likeness (QED) is 0.748. The standard InChI is InChI=1S/C16H20ClN5O2/c1-11(2)20-15(23)13-5-4-12(10-14(13)17)21-16(24)18-7-9-22-8-3-6-19-22/h3-6,8,10-11H,7,9H2,1-2H3,(H,20,23)(H2,18,21,24). The lowest BCUT2D eigenvalue weighted by molar-refractivity contribution is 0.0943. The molecular weight excluding hydrogens is 330 g/mol. The first-order valence-electron chi connectivity index (χ1n) is 7.58. The number of urea groups is 1. The lowest BCUT2D eigenvalue weighted by Crippen LogP contribution is -2.32. The molecule has 1 heterocycles. The van der Waals surface area contributed by atoms with Crippen molar-refractivity contribution in [1.82, 2.24) is 20.4 Å². The van der Waals surface area contributed by atoms with Gasteiger partial charge in [-0.2, -0.15) is 5.10 Å². The molecule has 0 aliphatic carbocycles. The smallest absolute Gasteiger partial charge is 0.319 e. The number of benzene rings is 1. The zero-order valence-corrected chi connectivity index (χ0v) is 14.3. The van der Waals surface area contributed by atoms with E-state index in [1.54, 1.807) is 29.1 Å². The van der Waals surface area contributed by atoms with Crippen LogP contribution in [0.5, 0.6) is 0 Å². The molecule has 2 aromatic rings. The molecule has 7 nitrogen and oxygen atoms in total. The zero-order chi connectivity index (χ0) is 17.5. The Morgan fingerprint density at radius 2 is 2.12 bits per heavy atom. The molecular formula is C16H20ClN5O2. The average Bonchev–Trinajstić information content (AvgIpc) is 2.99. The van der Waals surface area contributed by atoms with Gasteiger partial charge in [0.1, 0.15) is 0 Å². The molecule has 0 aliphatic heterocycles. The van der Waals surface area contributed by atoms with Crippen LogP contribution in [0.4, 0.5) is 10.5 Å². The molecule has 1 aromatic heterocycles. The largest absolute Gasteiger partial charge is 0.350 e. The lowest BCUT2D eigenvalue weighted by atomic mass is 10.2. The van der Waals surface area contributed by atoms with Crippen molar-refractivity contribution in [3.8, 4) is 0 Å². The fourth-order valence-electron chi connectivity index (χ4n) is 2.01. The van der Waals surface area contributed by atoms with Gasteiger partial charge in [-0.25, -0.2) is 4.79 Å². The van der Waals surface area contributed by atoms with Crippen molar-refractivity contribution in [1.29, 1.82) is 0 Å². The molecule has 3 N–H and O–H groups in total. The number of rotatable bonds is 6. The lowest BCUT2D eigenvalue weighted by Gasteiger charge is -2.11. The third-order valence-corrected chi connectivity index (χ3v) is 3.39. The van der Waals surface area contributed by atoms with E-state index < -0.39 is 0 Å². The molecule has 2 rings (SSSR count). The van der Waals surface area contributed by atoms with Crippen LogP contribution in [0, 0.1) is 0 Å². The van der Waals surface area contributed by atoms with Gasteiger partial charge in [0.2, 0.25) is 0 Å². The van der Waals surface area contributed by atoms with Crippen molar-refractivity contribution in [2.75, 3.05) is 11.9 Å². The molecule has 0 saturated carbocycles. The fraction of sp³-hybridized carbons (Fsp3) is 0.312. The van der Waals surface area contributed by atoms with E-state index in [2.05, 4.69) is 21.0 Å². The summed E-state index contributed by atoms with van der Waals surface area (Å²) >= 11 is 6.12. The summed E-state index contributed by atoms with van der Waals surface area (Å²) in [4.78, 5) is 23.8. The third kappa shape index (κ3) is 5.27. The van der Waals surface area contributed by atoms with Crippen molar-refractivity contribution < 1.29 is 9.59 Å². The molecule has 8 heteroatoms. The summed E-state index contributed by atoms with van der Waals surface area (Å²) < 4.78 is 1.72. The molecule has 3 amide bonds. The van der Waals surface area contributed by atoms with Crippen LogP contribution in [0.3, 0.4) is 0 Å². The third-order valence-electron chi connectivity index (χ3n) is 3.08. The zero-order valence-electron chi connectivity index (χ0n) is 13.5. The number of hydrogen-bond acceptors (Lipinski definition) is 3. The predicted octanol–water partition coefficient (Wildman–Crippen LogP) is 2.50. The van der Waals surface area contributed by atoms with E-state index in [0.717, 1.165) is 0 Å². The van der Waals surface area contributed by atoms with Crippen molar-refractivity contribution >= 4 is 29.2 Å². The highest BCUT2D eigenvalue weighted by Gasteiger charge is 2.12. The van der Waals surface area contributed by atoms with E-state index >= 15 is 0 Å². The second-order valence-electron chi connectivity index (χ2n) is 5.47. The number of amides is 3. The van der Waals surface area contributed by atoms with Gasteiger partial charge in [0.15, 0.2) is 0 Å². The van der Waals surface area contributed by atoms with Crippen LogP contribution in [-0.2, 0) is 6.54 Å². The number of carbonyl (C=O) groups is 2. The van der Waals surface area contributed by atoms with Gasteiger partial charge in [-0.1, -0.05) is 11.6 Å². The Morgan fingerprint density at radius 1 is 1.33 bits per heavy atom. The number of halogens is 1. The minimum absolute atomic E-state index is 0.0203. The predicted molar refractivity (Wildman–Crippen MR) is 93.3 cm³/mol. The number of carbonyl (C=O) groups excluding carboxylic acids is 2. The Bertz CT molecular complexity index is 700. The van der Waals surface area contributed by atoms with Gasteiger partial charge in [-0.05, 0) is 38.1 Å². The number of hydrogen-bond donors (Lipinski definition) is 3. The highest BCUT2D eigenvalue weighted by atomic mass is 35.5. The second kappa shape index (κ2) is 8.35. The normalized spacial score (nSPS) is 10.5. The van der Waals surface area contributed by atoms with Gasteiger partial charge in [-0.15, -0.1) is 0 Å². The van der Waals surface area contributed by atoms with Crippen LogP contribution >= 0.6 is 11.6 Å². The first-order valence-corrected chi connectivity index (χ1v) is 7.96. The second-order valence-corrected chi connectivity index (χ2v) is 5.88. The maximum Gasteiger partial charge on any atom is 0.319 e. The van der Waals surface area contributed by atoms with E-state index in [0.29, 0.717) is 24.3 Å². The van der Waals surface area contributed by atoms with Gasteiger partial charge < -0.3 is 16.0 Å². The summed E-state index contributed by atoms with van der Waals surface area (Å²) in [5, 5.41) is 12.5. The van der Waals surface area contributed by atoms with Gasteiger partial charge >= 0.3 is 6.03 Å². The maximum atomic E-state index is 12.0. The van der Waals surface area contributed by atoms with Crippen LogP contribution in [0.1, 0.15) is 24.2 Å². The van der Waals surface area contributed by atoms with Crippen molar-refractivity contribution in [3.05, 3.63) is 47.2 Å². The molecule has 0 atom stereocenters. The Hall–Kier alpha value is -2.54. The number of anilines is 1. The monoisotopic (exact) mass is 349 g/mol. The Kier molecular flexibility index (Phi) is 6.20. The molecule has 1 aromatic carbocycles. The van der Waals surface area contributed by atoms with Gasteiger partial charge in [0.05, 0.1) is 17.1 Å². The molecule has 0 spiro atoms. The van der Waals surface area contributed by atoms with Gasteiger partial charge in [0, 0.05) is 30.7 Å². The molecule has 24 heavy (non-hydrogen) atoms. The summed E-state index contributed by atoms with van der Waals surface area (Å²) in [6.07, 6.45) is 3.50. The van der Waals surface area contributed by atoms with E-state index in [1.807, 2.05) is 26.1 Å². The first kappa shape index (κ1) is 17.8. The minimum Gasteiger partial charge on any atom is -0.350 e. The highest BCUT2D eigenvalue weighted by molar-refractivity contribution is 6.34. The molecule has 0 radical (unpaired) electrons. The summed E-state index contributed by atoms with van der Waals surface area (Å²) in [5.41, 5.74) is 0.882. The van der Waals surface area contributed by atoms with Crippen LogP contribution < -0.4 is 16.0 Å². The van der Waals surface area contributed by atoms with Gasteiger partial charge in [0.25, 0.3) is 5.91 Å². The topological polar surface area (TPSA) is 88.0 Å². The average molecular weight is 350 g/mol. The molecule has 0 bridgehead atoms. The Balaban J connectivity index is 1.87. The van der Waals surface area contributed by atoms with Crippen molar-refractivity contribution in [2.24, 2.45) is 0 Å². The van der Waals surface area contributed by atoms with Crippen LogP contribution in [-0.4, -0.2) is 34.3 Å². The van der Waals surface area contributed by atoms with E-state index in [4.69, 9.17) is 11.6 Å². The molecule has 0 fully saturated rings. The molecule has 128 valence electrons. The number of nitrogens with zero attached hydrogens (tertiary/aromatic N) is 2. The van der Waals surface area contributed by atoms with E-state index in [9.17, 15) is 9.59 Å². The van der Waals surface area contributed by atoms with E-state index in [-0.39, 0.29) is 23.0 Å². The Morgan fingerprint density at radius 3 is 2.75 bits per heavy atom. The molecule has 0 saturated heterocycles. The summed E-state index contributed by atoms with van der Waals surface area (Å²) in [7, 11) is 0. The highest BCUT2D eigenvalue weighted by Crippen LogP contribution is 2.21. The number of aromatic nitrogens is 2. The van der Waals surface area contributed by atoms with Crippen molar-refractivity contribution in [3.63, 3.8) is 0 Å². The summed E-state index contributed by atoms with van der Waals surface area (Å²) in [6, 6.07) is 6.25. The minimum atomic E-state index is -0.349. The number of nitrogens with one attached hydrogen (secondary N) is 3. The molecule has 0 aliphatic rings. The van der Waals surface area contributed by atoms with Crippen molar-refractivity contribution in [2.45, 2.75) is 26.4 Å². The maximum absolute atomic E-state index is 12.0. The van der Waals surface area contributed by atoms with E-state index in [1.165, 1.54) is 0 Å². The first-order chi connectivity index (χ1) is 11.5. The fourth-order valence-corrected chi connectivity index (χ4v) is 2.28. The Labute approximate surface area is 145 Å². The van der Waals surface area contributed by atoms with Crippen LogP contribution in [0.25, 0.3) is 0 Å². The van der Waals surface area contributed by atoms with Crippen LogP contribution in [0.15, 0.2) is 36.7 Å². The summed E-state index contributed by atoms with van der Waals surface area (Å²) in [5.74, 6) is -0.245. The SMILES string of the molecule is CC(C)NC(=O)c1ccc(NC(=O)NCCn2cccn2)cc1Cl. The molecule has 0 unspecified atom stereocenters. The van der Waals surface area contributed by atoms with Gasteiger partial charge in [-0.3, -0.25) is 9.48 Å².